The van der Waals surface area contributed by atoms with E-state index >= 15 is 0 Å². The lowest BCUT2D eigenvalue weighted by molar-refractivity contribution is -0.110. The van der Waals surface area contributed by atoms with Crippen LogP contribution < -0.4 is 15.4 Å². The topological polar surface area (TPSA) is 70.6 Å². The Labute approximate surface area is 132 Å². The summed E-state index contributed by atoms with van der Waals surface area (Å²) in [7, 11) is 1.48. The van der Waals surface area contributed by atoms with Crippen LogP contribution in [0.1, 0.15) is 5.56 Å². The summed E-state index contributed by atoms with van der Waals surface area (Å²) in [6, 6.07) is 10.1. The van der Waals surface area contributed by atoms with Crippen molar-refractivity contribution in [3.8, 4) is 11.5 Å². The van der Waals surface area contributed by atoms with Crippen LogP contribution in [-0.2, 0) is 4.79 Å². The van der Waals surface area contributed by atoms with E-state index in [0.29, 0.717) is 22.0 Å². The maximum Gasteiger partial charge on any atom is 0.257 e. The number of amides is 1. The van der Waals surface area contributed by atoms with Gasteiger partial charge in [0, 0.05) is 34.2 Å². The number of rotatable bonds is 3. The molecule has 2 aromatic carbocycles. The number of anilines is 2. The van der Waals surface area contributed by atoms with Gasteiger partial charge in [0.1, 0.15) is 0 Å². The number of carbonyl (C=O) groups excluding carboxylic acids is 1. The molecule has 0 fully saturated rings. The lowest BCUT2D eigenvalue weighted by atomic mass is 10.1. The largest absolute Gasteiger partial charge is 0.504 e. The number of phenols is 1. The fourth-order valence-electron chi connectivity index (χ4n) is 2.24. The van der Waals surface area contributed by atoms with Crippen molar-refractivity contribution in [3.63, 3.8) is 0 Å². The number of methoxy groups -OCH3 is 1. The number of hydrogen-bond donors (Lipinski definition) is 3. The van der Waals surface area contributed by atoms with Crippen LogP contribution in [0.25, 0.3) is 5.57 Å². The van der Waals surface area contributed by atoms with Crippen LogP contribution in [0.2, 0.25) is 5.02 Å². The van der Waals surface area contributed by atoms with Crippen LogP contribution >= 0.6 is 11.6 Å². The minimum atomic E-state index is -0.206. The SMILES string of the molecule is COc1ccc(N/C=C2/C(=O)Nc3ccc(Cl)cc32)cc1O. The molecule has 22 heavy (non-hydrogen) atoms. The second kappa shape index (κ2) is 5.61. The number of ether oxygens (including phenoxy) is 1. The van der Waals surface area contributed by atoms with Crippen LogP contribution in [0, 0.1) is 0 Å². The van der Waals surface area contributed by atoms with Gasteiger partial charge in [0.25, 0.3) is 5.91 Å². The first kappa shape index (κ1) is 14.3. The molecule has 6 heteroatoms. The average Bonchev–Trinajstić information content (AvgIpc) is 2.80. The van der Waals surface area contributed by atoms with Crippen molar-refractivity contribution >= 4 is 34.5 Å². The maximum atomic E-state index is 12.0. The summed E-state index contributed by atoms with van der Waals surface area (Å²) in [4.78, 5) is 12.0. The van der Waals surface area contributed by atoms with E-state index in [1.54, 1.807) is 36.5 Å². The molecule has 0 aliphatic carbocycles. The van der Waals surface area contributed by atoms with E-state index in [0.717, 1.165) is 11.3 Å². The van der Waals surface area contributed by atoms with Crippen LogP contribution in [-0.4, -0.2) is 18.1 Å². The van der Waals surface area contributed by atoms with Gasteiger partial charge in [0.15, 0.2) is 11.5 Å². The van der Waals surface area contributed by atoms with Gasteiger partial charge in [-0.2, -0.15) is 0 Å². The Morgan fingerprint density at radius 2 is 2.09 bits per heavy atom. The Bertz CT molecular complexity index is 787. The van der Waals surface area contributed by atoms with Crippen molar-refractivity contribution in [1.29, 1.82) is 0 Å². The fourth-order valence-corrected chi connectivity index (χ4v) is 2.41. The number of carbonyl (C=O) groups is 1. The van der Waals surface area contributed by atoms with Crippen molar-refractivity contribution in [3.05, 3.63) is 53.2 Å². The number of nitrogens with one attached hydrogen (secondary N) is 2. The summed E-state index contributed by atoms with van der Waals surface area (Å²) >= 11 is 5.97. The van der Waals surface area contributed by atoms with Crippen molar-refractivity contribution in [2.45, 2.75) is 0 Å². The molecule has 0 unspecified atom stereocenters. The predicted molar refractivity (Wildman–Crippen MR) is 86.3 cm³/mol. The van der Waals surface area contributed by atoms with Gasteiger partial charge in [-0.15, -0.1) is 0 Å². The smallest absolute Gasteiger partial charge is 0.257 e. The quantitative estimate of drug-likeness (QED) is 0.758. The predicted octanol–water partition coefficient (Wildman–Crippen LogP) is 3.46. The zero-order chi connectivity index (χ0) is 15.7. The number of halogens is 1. The molecule has 112 valence electrons. The molecule has 3 N–H and O–H groups in total. The van der Waals surface area contributed by atoms with Crippen LogP contribution in [0.5, 0.6) is 11.5 Å². The molecule has 0 spiro atoms. The van der Waals surface area contributed by atoms with Gasteiger partial charge in [0.2, 0.25) is 0 Å². The summed E-state index contributed by atoms with van der Waals surface area (Å²) < 4.78 is 4.98. The van der Waals surface area contributed by atoms with Crippen molar-refractivity contribution < 1.29 is 14.6 Å². The number of phenolic OH excluding ortho intramolecular Hbond substituents is 1. The molecule has 0 saturated heterocycles. The van der Waals surface area contributed by atoms with E-state index in [4.69, 9.17) is 16.3 Å². The van der Waals surface area contributed by atoms with E-state index in [9.17, 15) is 9.90 Å². The van der Waals surface area contributed by atoms with E-state index in [2.05, 4.69) is 10.6 Å². The highest BCUT2D eigenvalue weighted by Gasteiger charge is 2.24. The highest BCUT2D eigenvalue weighted by molar-refractivity contribution is 6.34. The third-order valence-corrected chi connectivity index (χ3v) is 3.56. The normalized spacial score (nSPS) is 14.6. The van der Waals surface area contributed by atoms with Gasteiger partial charge in [-0.05, 0) is 30.3 Å². The van der Waals surface area contributed by atoms with Crippen molar-refractivity contribution in [2.24, 2.45) is 0 Å². The second-order valence-electron chi connectivity index (χ2n) is 4.73. The fraction of sp³-hybridized carbons (Fsp3) is 0.0625. The molecule has 1 aliphatic rings. The lowest BCUT2D eigenvalue weighted by Gasteiger charge is -2.06. The molecular weight excluding hydrogens is 304 g/mol. The standard InChI is InChI=1S/C16H13ClN2O3/c1-22-15-5-3-10(7-14(15)20)18-8-12-11-6-9(17)2-4-13(11)19-16(12)21/h2-8,18,20H,1H3,(H,19,21)/b12-8+. The highest BCUT2D eigenvalue weighted by Crippen LogP contribution is 2.34. The zero-order valence-corrected chi connectivity index (χ0v) is 12.4. The molecule has 1 aliphatic heterocycles. The van der Waals surface area contributed by atoms with Crippen LogP contribution in [0.4, 0.5) is 11.4 Å². The minimum Gasteiger partial charge on any atom is -0.504 e. The molecule has 0 bridgehead atoms. The van der Waals surface area contributed by atoms with Crippen LogP contribution in [0.15, 0.2) is 42.6 Å². The first-order chi connectivity index (χ1) is 10.6. The molecule has 0 saturated carbocycles. The summed E-state index contributed by atoms with van der Waals surface area (Å²) in [6.45, 7) is 0. The first-order valence-electron chi connectivity index (χ1n) is 6.53. The molecule has 5 nitrogen and oxygen atoms in total. The molecule has 0 radical (unpaired) electrons. The van der Waals surface area contributed by atoms with E-state index in [-0.39, 0.29) is 11.7 Å². The summed E-state index contributed by atoms with van der Waals surface area (Å²) in [5.74, 6) is 0.196. The van der Waals surface area contributed by atoms with Gasteiger partial charge in [0.05, 0.1) is 12.7 Å². The number of fused-ring (bicyclic) bond motifs is 1. The Balaban J connectivity index is 1.89. The van der Waals surface area contributed by atoms with Gasteiger partial charge < -0.3 is 20.5 Å². The molecule has 0 atom stereocenters. The van der Waals surface area contributed by atoms with Gasteiger partial charge >= 0.3 is 0 Å². The molecule has 1 heterocycles. The number of hydrogen-bond acceptors (Lipinski definition) is 4. The zero-order valence-electron chi connectivity index (χ0n) is 11.7. The lowest BCUT2D eigenvalue weighted by Crippen LogP contribution is -2.05. The Kier molecular flexibility index (Phi) is 3.65. The number of aromatic hydroxyl groups is 1. The monoisotopic (exact) mass is 316 g/mol. The van der Waals surface area contributed by atoms with E-state index < -0.39 is 0 Å². The van der Waals surface area contributed by atoms with Crippen LogP contribution in [0.3, 0.4) is 0 Å². The maximum absolute atomic E-state index is 12.0. The number of benzene rings is 2. The molecule has 3 rings (SSSR count). The Morgan fingerprint density at radius 1 is 1.27 bits per heavy atom. The third kappa shape index (κ3) is 2.58. The Morgan fingerprint density at radius 3 is 2.82 bits per heavy atom. The summed E-state index contributed by atoms with van der Waals surface area (Å²) in [6.07, 6.45) is 1.58. The average molecular weight is 317 g/mol. The van der Waals surface area contributed by atoms with Crippen molar-refractivity contribution in [2.75, 3.05) is 17.7 Å². The second-order valence-corrected chi connectivity index (χ2v) is 5.17. The Hall–Kier alpha value is -2.66. The van der Waals surface area contributed by atoms with Gasteiger partial charge in [-0.25, -0.2) is 0 Å². The highest BCUT2D eigenvalue weighted by atomic mass is 35.5. The third-order valence-electron chi connectivity index (χ3n) is 3.33. The molecule has 1 amide bonds. The molecule has 2 aromatic rings. The van der Waals surface area contributed by atoms with Gasteiger partial charge in [-0.1, -0.05) is 11.6 Å². The van der Waals surface area contributed by atoms with E-state index in [1.807, 2.05) is 0 Å². The summed E-state index contributed by atoms with van der Waals surface area (Å²) in [5.41, 5.74) is 2.57. The summed E-state index contributed by atoms with van der Waals surface area (Å²) in [5, 5.41) is 16.1. The first-order valence-corrected chi connectivity index (χ1v) is 6.91. The molecular formula is C16H13ClN2O3. The van der Waals surface area contributed by atoms with E-state index in [1.165, 1.54) is 13.2 Å². The van der Waals surface area contributed by atoms with Gasteiger partial charge in [-0.3, -0.25) is 4.79 Å². The minimum absolute atomic E-state index is 0.0187. The van der Waals surface area contributed by atoms with Crippen molar-refractivity contribution in [1.82, 2.24) is 0 Å². The molecule has 0 aromatic heterocycles.